The SMILES string of the molecule is CCCCC/C=C\CCCC(CCC/C=C\CCCCC)C(CCC/C=C\CCCCC)OC(=O)CCC(C)CC(C)CN(C)C. The third-order valence-corrected chi connectivity index (χ3v) is 9.31. The second-order valence-electron chi connectivity index (χ2n) is 14.7. The van der Waals surface area contributed by atoms with Crippen molar-refractivity contribution in [3.63, 3.8) is 0 Å². The summed E-state index contributed by atoms with van der Waals surface area (Å²) in [5.41, 5.74) is 0. The number of nitrogens with zero attached hydrogens (tertiary/aromatic N) is 1. The number of unbranched alkanes of at least 4 members (excludes halogenated alkanes) is 12. The number of ether oxygens (including phenoxy) is 1. The summed E-state index contributed by atoms with van der Waals surface area (Å²) in [5, 5.41) is 0. The predicted octanol–water partition coefficient (Wildman–Crippen LogP) is 13.4. The van der Waals surface area contributed by atoms with E-state index in [1.807, 2.05) is 0 Å². The van der Waals surface area contributed by atoms with Crippen LogP contribution in [-0.4, -0.2) is 37.6 Å². The fraction of sp³-hybridized carbons (Fsp3) is 0.837. The molecular weight excluding hydrogens is 562 g/mol. The van der Waals surface area contributed by atoms with Crippen LogP contribution in [0.4, 0.5) is 0 Å². The van der Waals surface area contributed by atoms with Crippen molar-refractivity contribution in [1.82, 2.24) is 4.90 Å². The third kappa shape index (κ3) is 30.0. The minimum atomic E-state index is 0.0314. The van der Waals surface area contributed by atoms with Gasteiger partial charge in [-0.25, -0.2) is 0 Å². The lowest BCUT2D eigenvalue weighted by Gasteiger charge is -2.28. The lowest BCUT2D eigenvalue weighted by Crippen LogP contribution is -2.28. The molecule has 0 aromatic heterocycles. The fourth-order valence-electron chi connectivity index (χ4n) is 6.68. The molecule has 270 valence electrons. The largest absolute Gasteiger partial charge is 0.462 e. The average Bonchev–Trinajstić information content (AvgIpc) is 3.01. The highest BCUT2D eigenvalue weighted by atomic mass is 16.5. The van der Waals surface area contributed by atoms with Crippen molar-refractivity contribution >= 4 is 5.97 Å². The van der Waals surface area contributed by atoms with Gasteiger partial charge in [-0.15, -0.1) is 0 Å². The molecule has 0 saturated carbocycles. The summed E-state index contributed by atoms with van der Waals surface area (Å²) in [6, 6.07) is 0. The Morgan fingerprint density at radius 1 is 0.565 bits per heavy atom. The number of hydrogen-bond donors (Lipinski definition) is 0. The Morgan fingerprint density at radius 2 is 0.978 bits per heavy atom. The van der Waals surface area contributed by atoms with Crippen LogP contribution in [0.2, 0.25) is 0 Å². The molecule has 46 heavy (non-hydrogen) atoms. The average molecular weight is 644 g/mol. The molecular formula is C43H81NO2. The number of rotatable bonds is 33. The molecule has 0 aromatic rings. The first-order valence-electron chi connectivity index (χ1n) is 20.1. The van der Waals surface area contributed by atoms with Crippen molar-refractivity contribution in [1.29, 1.82) is 0 Å². The highest BCUT2D eigenvalue weighted by molar-refractivity contribution is 5.69. The van der Waals surface area contributed by atoms with E-state index in [-0.39, 0.29) is 12.1 Å². The van der Waals surface area contributed by atoms with Crippen molar-refractivity contribution in [2.24, 2.45) is 17.8 Å². The van der Waals surface area contributed by atoms with Crippen molar-refractivity contribution in [3.05, 3.63) is 36.5 Å². The fourth-order valence-corrected chi connectivity index (χ4v) is 6.68. The van der Waals surface area contributed by atoms with Crippen LogP contribution >= 0.6 is 0 Å². The van der Waals surface area contributed by atoms with Gasteiger partial charge in [0.25, 0.3) is 0 Å². The first kappa shape index (κ1) is 44.6. The summed E-state index contributed by atoms with van der Waals surface area (Å²) >= 11 is 0. The molecule has 0 rings (SSSR count). The maximum Gasteiger partial charge on any atom is 0.306 e. The van der Waals surface area contributed by atoms with E-state index in [2.05, 4.69) is 90.1 Å². The van der Waals surface area contributed by atoms with Gasteiger partial charge in [-0.1, -0.05) is 110 Å². The Hall–Kier alpha value is -1.35. The van der Waals surface area contributed by atoms with Crippen LogP contribution in [0, 0.1) is 17.8 Å². The van der Waals surface area contributed by atoms with Gasteiger partial charge < -0.3 is 9.64 Å². The van der Waals surface area contributed by atoms with E-state index in [0.717, 1.165) is 57.9 Å². The molecule has 0 heterocycles. The Balaban J connectivity index is 5.31. The Morgan fingerprint density at radius 3 is 1.39 bits per heavy atom. The van der Waals surface area contributed by atoms with Gasteiger partial charge in [-0.05, 0) is 141 Å². The molecule has 0 saturated heterocycles. The van der Waals surface area contributed by atoms with Crippen molar-refractivity contribution in [2.45, 2.75) is 195 Å². The quantitative estimate of drug-likeness (QED) is 0.0405. The van der Waals surface area contributed by atoms with Crippen LogP contribution < -0.4 is 0 Å². The third-order valence-electron chi connectivity index (χ3n) is 9.31. The van der Waals surface area contributed by atoms with E-state index in [9.17, 15) is 4.79 Å². The van der Waals surface area contributed by atoms with Gasteiger partial charge in [0.1, 0.15) is 6.10 Å². The van der Waals surface area contributed by atoms with E-state index in [4.69, 9.17) is 4.74 Å². The summed E-state index contributed by atoms with van der Waals surface area (Å²) < 4.78 is 6.43. The van der Waals surface area contributed by atoms with Crippen molar-refractivity contribution < 1.29 is 9.53 Å². The zero-order valence-corrected chi connectivity index (χ0v) is 32.2. The molecule has 0 aliphatic heterocycles. The van der Waals surface area contributed by atoms with Crippen LogP contribution in [-0.2, 0) is 9.53 Å². The van der Waals surface area contributed by atoms with Gasteiger partial charge in [-0.2, -0.15) is 0 Å². The van der Waals surface area contributed by atoms with Crippen LogP contribution in [0.15, 0.2) is 36.5 Å². The topological polar surface area (TPSA) is 29.5 Å². The van der Waals surface area contributed by atoms with Gasteiger partial charge in [0, 0.05) is 13.0 Å². The number of esters is 1. The molecule has 0 amide bonds. The van der Waals surface area contributed by atoms with E-state index < -0.39 is 0 Å². The smallest absolute Gasteiger partial charge is 0.306 e. The molecule has 0 spiro atoms. The lowest BCUT2D eigenvalue weighted by molar-refractivity contribution is -0.153. The highest BCUT2D eigenvalue weighted by Gasteiger charge is 2.25. The molecule has 0 bridgehead atoms. The maximum atomic E-state index is 13.3. The van der Waals surface area contributed by atoms with Gasteiger partial charge in [0.15, 0.2) is 0 Å². The van der Waals surface area contributed by atoms with Crippen LogP contribution in [0.5, 0.6) is 0 Å². The van der Waals surface area contributed by atoms with Gasteiger partial charge >= 0.3 is 5.97 Å². The molecule has 0 radical (unpaired) electrons. The molecule has 0 aliphatic carbocycles. The highest BCUT2D eigenvalue weighted by Crippen LogP contribution is 2.28. The van der Waals surface area contributed by atoms with Crippen molar-refractivity contribution in [3.8, 4) is 0 Å². The zero-order valence-electron chi connectivity index (χ0n) is 32.2. The molecule has 0 fully saturated rings. The summed E-state index contributed by atoms with van der Waals surface area (Å²) in [7, 11) is 4.29. The van der Waals surface area contributed by atoms with Gasteiger partial charge in [0.2, 0.25) is 0 Å². The second-order valence-corrected chi connectivity index (χ2v) is 14.7. The number of carbonyl (C=O) groups excluding carboxylic acids is 1. The standard InChI is InChI=1S/C43H81NO2/c1-8-11-14-17-20-23-26-29-32-41(33-30-27-24-21-18-15-12-9-2)42(34-31-28-25-22-19-16-13-10-3)46-43(45)36-35-39(4)37-40(5)38-44(6)7/h20-25,39-42H,8-19,26-38H2,1-7H3/b23-20-,24-21-,25-22-. The Labute approximate surface area is 289 Å². The normalized spacial score (nSPS) is 14.4. The van der Waals surface area contributed by atoms with E-state index in [1.165, 1.54) is 96.3 Å². The Kier molecular flexibility index (Phi) is 32.6. The van der Waals surface area contributed by atoms with E-state index in [0.29, 0.717) is 24.2 Å². The van der Waals surface area contributed by atoms with E-state index in [1.54, 1.807) is 0 Å². The summed E-state index contributed by atoms with van der Waals surface area (Å²) in [6.45, 7) is 12.5. The molecule has 3 heteroatoms. The van der Waals surface area contributed by atoms with Gasteiger partial charge in [0.05, 0.1) is 0 Å². The van der Waals surface area contributed by atoms with Crippen LogP contribution in [0.25, 0.3) is 0 Å². The minimum absolute atomic E-state index is 0.0314. The first-order chi connectivity index (χ1) is 22.3. The molecule has 0 aromatic carbocycles. The molecule has 3 nitrogen and oxygen atoms in total. The molecule has 3 unspecified atom stereocenters. The summed E-state index contributed by atoms with van der Waals surface area (Å²) in [4.78, 5) is 15.6. The number of hydrogen-bond acceptors (Lipinski definition) is 3. The minimum Gasteiger partial charge on any atom is -0.462 e. The number of carbonyl (C=O) groups is 1. The first-order valence-corrected chi connectivity index (χ1v) is 20.1. The molecule has 0 aliphatic rings. The molecule has 0 N–H and O–H groups in total. The van der Waals surface area contributed by atoms with Gasteiger partial charge in [-0.3, -0.25) is 4.79 Å². The predicted molar refractivity (Wildman–Crippen MR) is 206 cm³/mol. The summed E-state index contributed by atoms with van der Waals surface area (Å²) in [6.07, 6.45) is 42.5. The Bertz CT molecular complexity index is 713. The lowest BCUT2D eigenvalue weighted by atomic mass is 9.87. The van der Waals surface area contributed by atoms with Crippen LogP contribution in [0.1, 0.15) is 189 Å². The second kappa shape index (κ2) is 33.5. The number of allylic oxidation sites excluding steroid dienone is 6. The summed E-state index contributed by atoms with van der Waals surface area (Å²) in [5.74, 6) is 1.68. The van der Waals surface area contributed by atoms with Crippen LogP contribution in [0.3, 0.4) is 0 Å². The monoisotopic (exact) mass is 644 g/mol. The maximum absolute atomic E-state index is 13.3. The zero-order chi connectivity index (χ0) is 34.1. The van der Waals surface area contributed by atoms with E-state index >= 15 is 0 Å². The van der Waals surface area contributed by atoms with Crippen molar-refractivity contribution in [2.75, 3.05) is 20.6 Å². The molecule has 3 atom stereocenters.